The molecule has 0 bridgehead atoms. The Balaban J connectivity index is 1.56. The molecule has 3 N–H and O–H groups in total. The highest BCUT2D eigenvalue weighted by Gasteiger charge is 2.36. The Labute approximate surface area is 140 Å². The number of ether oxygens (including phenoxy) is 1. The van der Waals surface area contributed by atoms with Crippen molar-refractivity contribution < 1.29 is 24.5 Å². The van der Waals surface area contributed by atoms with Crippen molar-refractivity contribution in [1.82, 2.24) is 5.32 Å². The van der Waals surface area contributed by atoms with Crippen molar-refractivity contribution in [2.24, 2.45) is 17.8 Å². The van der Waals surface area contributed by atoms with Gasteiger partial charge >= 0.3 is 12.1 Å². The number of carboxylic acids is 1. The largest absolute Gasteiger partial charge is 0.507 e. The number of aromatic carboxylic acids is 1. The van der Waals surface area contributed by atoms with Gasteiger partial charge in [-0.25, -0.2) is 9.59 Å². The van der Waals surface area contributed by atoms with Crippen LogP contribution in [0.1, 0.15) is 41.6 Å². The number of carboxylic acid groups (broad SMARTS) is 2. The van der Waals surface area contributed by atoms with Crippen molar-refractivity contribution in [3.8, 4) is 0 Å². The van der Waals surface area contributed by atoms with Gasteiger partial charge in [0.1, 0.15) is 0 Å². The van der Waals surface area contributed by atoms with Crippen molar-refractivity contribution in [3.05, 3.63) is 35.4 Å². The zero-order chi connectivity index (χ0) is 17.1. The van der Waals surface area contributed by atoms with Gasteiger partial charge in [0.25, 0.3) is 0 Å². The molecule has 2 aliphatic rings. The van der Waals surface area contributed by atoms with E-state index in [1.165, 1.54) is 0 Å². The Morgan fingerprint density at radius 3 is 2.50 bits per heavy atom. The Morgan fingerprint density at radius 1 is 1.08 bits per heavy atom. The molecular formula is C18H23NO5. The van der Waals surface area contributed by atoms with Gasteiger partial charge in [0.05, 0.1) is 5.56 Å². The van der Waals surface area contributed by atoms with E-state index in [2.05, 4.69) is 5.32 Å². The smallest absolute Gasteiger partial charge is 0.478 e. The highest BCUT2D eigenvalue weighted by Crippen LogP contribution is 2.39. The predicted molar refractivity (Wildman–Crippen MR) is 86.9 cm³/mol. The van der Waals surface area contributed by atoms with E-state index >= 15 is 0 Å². The molecule has 1 aromatic carbocycles. The molecule has 1 aliphatic heterocycles. The van der Waals surface area contributed by atoms with Crippen LogP contribution < -0.4 is 5.32 Å². The molecule has 0 aromatic heterocycles. The normalized spacial score (nSPS) is 29.5. The standard InChI is InChI=1S/C18H23NO5/c20-17(21)13-4-1-11(2-5-13)7-12-3-6-14-10-19-16(24-18(22)23)9-15(14)8-12/h1-2,4-5,12,14-16,19H,3,6-10H2,(H,20,21)(H,22,23)/t12?,14-,15?,16?/m0/s1. The Bertz CT molecular complexity index is 600. The third-order valence-corrected chi connectivity index (χ3v) is 5.34. The maximum absolute atomic E-state index is 10.9. The monoisotopic (exact) mass is 333 g/mol. The third-order valence-electron chi connectivity index (χ3n) is 5.34. The molecule has 6 nitrogen and oxygen atoms in total. The summed E-state index contributed by atoms with van der Waals surface area (Å²) >= 11 is 0. The lowest BCUT2D eigenvalue weighted by Gasteiger charge is -2.42. The molecule has 130 valence electrons. The second kappa shape index (κ2) is 7.21. The second-order valence-electron chi connectivity index (χ2n) is 6.92. The van der Waals surface area contributed by atoms with Crippen LogP contribution in [0.5, 0.6) is 0 Å². The van der Waals surface area contributed by atoms with Gasteiger partial charge in [0, 0.05) is 13.0 Å². The summed E-state index contributed by atoms with van der Waals surface area (Å²) in [4.78, 5) is 21.6. The number of piperidine rings is 1. The van der Waals surface area contributed by atoms with E-state index in [0.29, 0.717) is 23.3 Å². The van der Waals surface area contributed by atoms with Crippen molar-refractivity contribution in [1.29, 1.82) is 0 Å². The summed E-state index contributed by atoms with van der Waals surface area (Å²) in [7, 11) is 0. The summed E-state index contributed by atoms with van der Waals surface area (Å²) < 4.78 is 4.88. The molecule has 0 amide bonds. The summed E-state index contributed by atoms with van der Waals surface area (Å²) in [6.45, 7) is 0.822. The van der Waals surface area contributed by atoms with E-state index in [4.69, 9.17) is 14.9 Å². The van der Waals surface area contributed by atoms with Crippen molar-refractivity contribution in [2.45, 2.75) is 38.3 Å². The topological polar surface area (TPSA) is 95.9 Å². The molecular weight excluding hydrogens is 310 g/mol. The summed E-state index contributed by atoms with van der Waals surface area (Å²) in [5, 5.41) is 20.9. The Morgan fingerprint density at radius 2 is 1.83 bits per heavy atom. The average Bonchev–Trinajstić information content (AvgIpc) is 2.54. The van der Waals surface area contributed by atoms with Crippen LogP contribution in [0, 0.1) is 17.8 Å². The van der Waals surface area contributed by atoms with Crippen molar-refractivity contribution in [2.75, 3.05) is 6.54 Å². The fraction of sp³-hybridized carbons (Fsp3) is 0.556. The first-order chi connectivity index (χ1) is 11.5. The number of rotatable bonds is 4. The van der Waals surface area contributed by atoms with Gasteiger partial charge in [0.2, 0.25) is 0 Å². The van der Waals surface area contributed by atoms with Gasteiger partial charge in [-0.05, 0) is 61.1 Å². The van der Waals surface area contributed by atoms with Crippen LogP contribution in [0.25, 0.3) is 0 Å². The minimum absolute atomic E-state index is 0.314. The Hall–Kier alpha value is -2.08. The maximum atomic E-state index is 10.9. The van der Waals surface area contributed by atoms with Crippen LogP contribution in [-0.2, 0) is 11.2 Å². The first-order valence-corrected chi connectivity index (χ1v) is 8.46. The van der Waals surface area contributed by atoms with E-state index < -0.39 is 18.4 Å². The molecule has 0 radical (unpaired) electrons. The van der Waals surface area contributed by atoms with Crippen LogP contribution in [0.3, 0.4) is 0 Å². The van der Waals surface area contributed by atoms with Crippen molar-refractivity contribution >= 4 is 12.1 Å². The van der Waals surface area contributed by atoms with Gasteiger partial charge in [-0.1, -0.05) is 12.1 Å². The second-order valence-corrected chi connectivity index (χ2v) is 6.92. The summed E-state index contributed by atoms with van der Waals surface area (Å²) in [5.74, 6) is 0.753. The lowest BCUT2D eigenvalue weighted by molar-refractivity contribution is -0.0137. The highest BCUT2D eigenvalue weighted by atomic mass is 16.7. The van der Waals surface area contributed by atoms with Crippen LogP contribution in [0.2, 0.25) is 0 Å². The molecule has 3 rings (SSSR count). The number of fused-ring (bicyclic) bond motifs is 1. The fourth-order valence-corrected chi connectivity index (χ4v) is 4.14. The van der Waals surface area contributed by atoms with Crippen LogP contribution in [0.15, 0.2) is 24.3 Å². The van der Waals surface area contributed by atoms with Crippen LogP contribution in [-0.4, -0.2) is 35.1 Å². The molecule has 1 heterocycles. The third kappa shape index (κ3) is 4.06. The molecule has 24 heavy (non-hydrogen) atoms. The first kappa shape index (κ1) is 16.8. The maximum Gasteiger partial charge on any atom is 0.507 e. The zero-order valence-corrected chi connectivity index (χ0v) is 13.5. The van der Waals surface area contributed by atoms with Gasteiger partial charge in [0.15, 0.2) is 6.23 Å². The van der Waals surface area contributed by atoms with Crippen LogP contribution >= 0.6 is 0 Å². The van der Waals surface area contributed by atoms with Gasteiger partial charge < -0.3 is 14.9 Å². The molecule has 1 aliphatic carbocycles. The molecule has 1 saturated carbocycles. The van der Waals surface area contributed by atoms with Gasteiger partial charge in [-0.2, -0.15) is 0 Å². The van der Waals surface area contributed by atoms with E-state index in [1.807, 2.05) is 12.1 Å². The number of benzene rings is 1. The molecule has 4 atom stereocenters. The first-order valence-electron chi connectivity index (χ1n) is 8.46. The summed E-state index contributed by atoms with van der Waals surface area (Å²) in [6, 6.07) is 7.11. The summed E-state index contributed by atoms with van der Waals surface area (Å²) in [5.41, 5.74) is 1.48. The Kier molecular flexibility index (Phi) is 5.04. The number of nitrogens with one attached hydrogen (secondary N) is 1. The van der Waals surface area contributed by atoms with E-state index in [9.17, 15) is 9.59 Å². The zero-order valence-electron chi connectivity index (χ0n) is 13.5. The van der Waals surface area contributed by atoms with Gasteiger partial charge in [-0.15, -0.1) is 0 Å². The predicted octanol–water partition coefficient (Wildman–Crippen LogP) is 2.97. The molecule has 6 heteroatoms. The molecule has 2 fully saturated rings. The van der Waals surface area contributed by atoms with E-state index in [1.54, 1.807) is 12.1 Å². The lowest BCUT2D eigenvalue weighted by atomic mass is 9.69. The fourth-order valence-electron chi connectivity index (χ4n) is 4.14. The number of hydrogen-bond donors (Lipinski definition) is 3. The molecule has 1 aromatic rings. The van der Waals surface area contributed by atoms with Crippen LogP contribution in [0.4, 0.5) is 4.79 Å². The van der Waals surface area contributed by atoms with Crippen molar-refractivity contribution in [3.63, 3.8) is 0 Å². The lowest BCUT2D eigenvalue weighted by Crippen LogP contribution is -2.48. The van der Waals surface area contributed by atoms with Gasteiger partial charge in [-0.3, -0.25) is 5.32 Å². The van der Waals surface area contributed by atoms with E-state index in [0.717, 1.165) is 44.2 Å². The minimum atomic E-state index is -1.23. The molecule has 0 spiro atoms. The summed E-state index contributed by atoms with van der Waals surface area (Å²) in [6.07, 6.45) is 3.46. The molecule has 1 saturated heterocycles. The number of carbonyl (C=O) groups is 2. The number of hydrogen-bond acceptors (Lipinski definition) is 4. The average molecular weight is 333 g/mol. The SMILES string of the molecule is O=C(O)OC1CC2CC(Cc3ccc(C(=O)O)cc3)CC[C@H]2CN1. The minimum Gasteiger partial charge on any atom is -0.478 e. The molecule has 3 unspecified atom stereocenters. The highest BCUT2D eigenvalue weighted by molar-refractivity contribution is 5.87. The quantitative estimate of drug-likeness (QED) is 0.733. The van der Waals surface area contributed by atoms with E-state index in [-0.39, 0.29) is 0 Å².